The van der Waals surface area contributed by atoms with Gasteiger partial charge in [-0.1, -0.05) is 11.6 Å². The molecule has 9 nitrogen and oxygen atoms in total. The number of benzene rings is 1. The van der Waals surface area contributed by atoms with Crippen LogP contribution in [0.1, 0.15) is 13.3 Å². The maximum atomic E-state index is 13.4. The number of hydrogen-bond donors (Lipinski definition) is 2. The molecule has 1 aliphatic heterocycles. The summed E-state index contributed by atoms with van der Waals surface area (Å²) in [6.45, 7) is 3.51. The monoisotopic (exact) mass is 471 g/mol. The number of H-pyrrole nitrogens is 1. The van der Waals surface area contributed by atoms with E-state index in [2.05, 4.69) is 25.4 Å². The first-order chi connectivity index (χ1) is 15.9. The number of aromatic nitrogens is 5. The third-order valence-corrected chi connectivity index (χ3v) is 5.95. The molecular weight excluding hydrogens is 449 g/mol. The Kier molecular flexibility index (Phi) is 5.63. The van der Waals surface area contributed by atoms with Gasteiger partial charge in [-0.3, -0.25) is 9.58 Å². The number of alkyl halides is 1. The van der Waals surface area contributed by atoms with Crippen molar-refractivity contribution >= 4 is 39.8 Å². The van der Waals surface area contributed by atoms with Gasteiger partial charge in [0.25, 0.3) is 0 Å². The molecule has 0 unspecified atom stereocenters. The quantitative estimate of drug-likeness (QED) is 0.460. The van der Waals surface area contributed by atoms with E-state index in [4.69, 9.17) is 16.3 Å². The van der Waals surface area contributed by atoms with E-state index in [0.29, 0.717) is 53.6 Å². The van der Waals surface area contributed by atoms with E-state index in [1.54, 1.807) is 23.1 Å². The summed E-state index contributed by atoms with van der Waals surface area (Å²) in [5.41, 5.74) is 2.98. The molecule has 2 atom stereocenters. The smallest absolute Gasteiger partial charge is 0.406 e. The third-order valence-electron chi connectivity index (χ3n) is 5.72. The van der Waals surface area contributed by atoms with Gasteiger partial charge in [-0.2, -0.15) is 5.10 Å². The predicted octanol–water partition coefficient (Wildman–Crippen LogP) is 3.69. The Morgan fingerprint density at radius 1 is 1.45 bits per heavy atom. The third kappa shape index (κ3) is 4.36. The highest BCUT2D eigenvalue weighted by molar-refractivity contribution is 6.31. The zero-order valence-corrected chi connectivity index (χ0v) is 18.9. The lowest BCUT2D eigenvalue weighted by atomic mass is 10.2. The average molecular weight is 472 g/mol. The van der Waals surface area contributed by atoms with Crippen LogP contribution in [0.5, 0.6) is 5.75 Å². The number of nitrogens with zero attached hydrogens (tertiary/aromatic N) is 5. The van der Waals surface area contributed by atoms with Crippen LogP contribution < -0.4 is 10.1 Å². The van der Waals surface area contributed by atoms with Crippen molar-refractivity contribution in [1.82, 2.24) is 34.9 Å². The number of halogens is 2. The first-order valence-corrected chi connectivity index (χ1v) is 11.1. The first-order valence-electron chi connectivity index (χ1n) is 10.7. The molecule has 172 valence electrons. The summed E-state index contributed by atoms with van der Waals surface area (Å²) >= 11 is 6.12. The Balaban J connectivity index is 1.35. The molecule has 5 rings (SSSR count). The molecule has 0 radical (unpaired) electrons. The Bertz CT molecular complexity index is 1340. The van der Waals surface area contributed by atoms with Gasteiger partial charge in [-0.25, -0.2) is 19.2 Å². The Labute approximate surface area is 193 Å². The summed E-state index contributed by atoms with van der Waals surface area (Å²) in [5.74, 6) is 0.261. The molecule has 11 heteroatoms. The van der Waals surface area contributed by atoms with Crippen molar-refractivity contribution in [2.75, 3.05) is 19.6 Å². The van der Waals surface area contributed by atoms with Crippen molar-refractivity contribution in [1.29, 1.82) is 0 Å². The van der Waals surface area contributed by atoms with Crippen LogP contribution in [0.25, 0.3) is 33.5 Å². The van der Waals surface area contributed by atoms with Crippen LogP contribution in [-0.2, 0) is 7.05 Å². The molecule has 4 aromatic rings. The maximum Gasteiger partial charge on any atom is 0.412 e. The van der Waals surface area contributed by atoms with Gasteiger partial charge in [0.2, 0.25) is 0 Å². The molecule has 2 N–H and O–H groups in total. The van der Waals surface area contributed by atoms with E-state index in [0.717, 1.165) is 10.9 Å². The van der Waals surface area contributed by atoms with Crippen LogP contribution >= 0.6 is 11.6 Å². The minimum atomic E-state index is -0.795. The maximum absolute atomic E-state index is 13.4. The lowest BCUT2D eigenvalue weighted by molar-refractivity contribution is 0.191. The molecular formula is C22H23ClFN7O2. The van der Waals surface area contributed by atoms with Gasteiger partial charge in [0.15, 0.2) is 16.9 Å². The van der Waals surface area contributed by atoms with Gasteiger partial charge in [0, 0.05) is 49.3 Å². The molecule has 0 spiro atoms. The number of fused-ring (bicyclic) bond motifs is 2. The minimum Gasteiger partial charge on any atom is -0.406 e. The van der Waals surface area contributed by atoms with Crippen LogP contribution in [0, 0.1) is 0 Å². The van der Waals surface area contributed by atoms with Crippen molar-refractivity contribution in [2.45, 2.75) is 25.6 Å². The molecule has 4 heterocycles. The summed E-state index contributed by atoms with van der Waals surface area (Å²) < 4.78 is 20.6. The van der Waals surface area contributed by atoms with E-state index in [9.17, 15) is 9.18 Å². The van der Waals surface area contributed by atoms with Gasteiger partial charge in [0.1, 0.15) is 17.6 Å². The lowest BCUT2D eigenvalue weighted by Crippen LogP contribution is -2.42. The Morgan fingerprint density at radius 2 is 2.30 bits per heavy atom. The number of ether oxygens (including phenoxy) is 1. The molecule has 0 saturated carbocycles. The molecule has 33 heavy (non-hydrogen) atoms. The van der Waals surface area contributed by atoms with Gasteiger partial charge < -0.3 is 15.0 Å². The van der Waals surface area contributed by atoms with Crippen molar-refractivity contribution in [2.24, 2.45) is 7.05 Å². The number of aromatic amines is 1. The zero-order chi connectivity index (χ0) is 23.1. The topological polar surface area (TPSA) is 101 Å². The first kappa shape index (κ1) is 21.6. The predicted molar refractivity (Wildman–Crippen MR) is 123 cm³/mol. The summed E-state index contributed by atoms with van der Waals surface area (Å²) in [4.78, 5) is 26.5. The van der Waals surface area contributed by atoms with Crippen molar-refractivity contribution in [3.05, 3.63) is 35.6 Å². The van der Waals surface area contributed by atoms with Gasteiger partial charge in [0.05, 0.1) is 11.7 Å². The lowest BCUT2D eigenvalue weighted by Gasteiger charge is -2.20. The van der Waals surface area contributed by atoms with Crippen LogP contribution in [0.3, 0.4) is 0 Å². The molecule has 1 aliphatic rings. The summed E-state index contributed by atoms with van der Waals surface area (Å²) in [6.07, 6.45) is 2.30. The average Bonchev–Trinajstić information content (AvgIpc) is 3.45. The van der Waals surface area contributed by atoms with Gasteiger partial charge in [-0.15, -0.1) is 0 Å². The number of amides is 1. The normalized spacial score (nSPS) is 17.6. The van der Waals surface area contributed by atoms with Gasteiger partial charge in [-0.05, 0) is 31.5 Å². The summed E-state index contributed by atoms with van der Waals surface area (Å²) in [7, 11) is 1.83. The highest BCUT2D eigenvalue weighted by Gasteiger charge is 2.24. The second kappa shape index (κ2) is 8.60. The molecule has 1 aromatic carbocycles. The van der Waals surface area contributed by atoms with E-state index >= 15 is 0 Å². The molecule has 0 bridgehead atoms. The number of carbonyl (C=O) groups is 1. The molecule has 1 fully saturated rings. The summed E-state index contributed by atoms with van der Waals surface area (Å²) in [5, 5.41) is 8.86. The number of likely N-dealkylation sites (tertiary alicyclic amines) is 1. The van der Waals surface area contributed by atoms with Crippen LogP contribution in [0.4, 0.5) is 9.18 Å². The van der Waals surface area contributed by atoms with E-state index in [-0.39, 0.29) is 11.8 Å². The fourth-order valence-corrected chi connectivity index (χ4v) is 4.36. The number of aryl methyl sites for hydroxylation is 1. The highest BCUT2D eigenvalue weighted by atomic mass is 35.5. The van der Waals surface area contributed by atoms with Crippen molar-refractivity contribution in [3.8, 4) is 17.1 Å². The summed E-state index contributed by atoms with van der Waals surface area (Å²) in [6, 6.07) is 5.33. The second-order valence-corrected chi connectivity index (χ2v) is 8.76. The Morgan fingerprint density at radius 3 is 3.09 bits per heavy atom. The van der Waals surface area contributed by atoms with E-state index < -0.39 is 12.3 Å². The van der Waals surface area contributed by atoms with Crippen LogP contribution in [0.15, 0.2) is 30.6 Å². The Hall–Kier alpha value is -3.24. The number of nitrogens with one attached hydrogen (secondary N) is 2. The van der Waals surface area contributed by atoms with Crippen LogP contribution in [-0.4, -0.2) is 67.6 Å². The van der Waals surface area contributed by atoms with Crippen LogP contribution in [0.2, 0.25) is 5.02 Å². The number of carbonyl (C=O) groups excluding carboxylic acids is 1. The number of hydrogen-bond acceptors (Lipinski definition) is 6. The van der Waals surface area contributed by atoms with E-state index in [1.165, 1.54) is 0 Å². The van der Waals surface area contributed by atoms with E-state index in [1.807, 2.05) is 31.0 Å². The van der Waals surface area contributed by atoms with Gasteiger partial charge >= 0.3 is 6.09 Å². The zero-order valence-electron chi connectivity index (χ0n) is 18.2. The molecule has 3 aromatic heterocycles. The minimum absolute atomic E-state index is 0.193. The SMILES string of the molecule is C[C@H](CN1CC[C@H](F)C1)NC(=O)Oc1c[nH]c2ncc(-c3nn(C)c4cc(Cl)ccc34)nc12. The molecule has 1 amide bonds. The standard InChI is InChI=1S/C22H23ClFN7O2/c1-12(10-31-6-5-14(24)11-31)27-22(32)33-18-9-26-21-20(18)28-16(8-25-21)19-15-4-3-13(23)7-17(15)30(2)29-19/h3-4,7-9,12,14H,5-6,10-11H2,1-2H3,(H,25,26)(H,27,32)/t12-,14+/m1/s1. The highest BCUT2D eigenvalue weighted by Crippen LogP contribution is 2.30. The van der Waals surface area contributed by atoms with Crippen molar-refractivity contribution < 1.29 is 13.9 Å². The fourth-order valence-electron chi connectivity index (χ4n) is 4.20. The second-order valence-electron chi connectivity index (χ2n) is 8.32. The number of rotatable bonds is 5. The molecule has 1 saturated heterocycles. The van der Waals surface area contributed by atoms with Crippen molar-refractivity contribution in [3.63, 3.8) is 0 Å². The molecule has 0 aliphatic carbocycles. The largest absolute Gasteiger partial charge is 0.412 e. The fraction of sp³-hybridized carbons (Fsp3) is 0.364.